The number of rotatable bonds is 0. The van der Waals surface area contributed by atoms with Crippen LogP contribution in [0.4, 0.5) is 0 Å². The minimum Gasteiger partial charge on any atom is -0.290 e. The third kappa shape index (κ3) is 0.704. The Morgan fingerprint density at radius 1 is 0.867 bits per heavy atom. The van der Waals surface area contributed by atoms with E-state index in [2.05, 4.69) is 12.2 Å². The molecule has 0 aliphatic heterocycles. The molecule has 5 rings (SSSR count). The Kier molecular flexibility index (Phi) is 1.13. The summed E-state index contributed by atoms with van der Waals surface area (Å²) >= 11 is 0. The van der Waals surface area contributed by atoms with Gasteiger partial charge < -0.3 is 0 Å². The average molecular weight is 202 g/mol. The summed E-state index contributed by atoms with van der Waals surface area (Å²) in [6.45, 7) is 0. The lowest BCUT2D eigenvalue weighted by Crippen LogP contribution is -2.40. The molecule has 5 aliphatic rings. The highest BCUT2D eigenvalue weighted by Crippen LogP contribution is 2.65. The van der Waals surface area contributed by atoms with E-state index in [0.717, 1.165) is 6.42 Å². The van der Waals surface area contributed by atoms with Gasteiger partial charge in [-0.25, -0.2) is 0 Å². The van der Waals surface area contributed by atoms with Crippen molar-refractivity contribution in [1.82, 2.24) is 0 Å². The predicted octanol–water partition coefficient (Wildman–Crippen LogP) is 0.392. The summed E-state index contributed by atoms with van der Waals surface area (Å²) in [5.41, 5.74) is 0. The van der Waals surface area contributed by atoms with E-state index in [1.165, 1.54) is 0 Å². The van der Waals surface area contributed by atoms with Gasteiger partial charge in [0, 0.05) is 11.8 Å². The monoisotopic (exact) mass is 202 g/mol. The maximum Gasteiger partial charge on any atom is 0.264 e. The van der Waals surface area contributed by atoms with Gasteiger partial charge in [0.05, 0.1) is 0 Å². The Morgan fingerprint density at radius 2 is 1.33 bits per heavy atom. The molecule has 6 atom stereocenters. The number of Topliss-reactive ketones (excluding diaryl/α,β-unsaturated/α-hetero) is 3. The second-order valence-electron chi connectivity index (χ2n) is 5.21. The molecule has 2 bridgehead atoms. The molecule has 3 nitrogen and oxygen atoms in total. The highest BCUT2D eigenvalue weighted by atomic mass is 16.2. The third-order valence-corrected chi connectivity index (χ3v) is 4.70. The molecule has 0 aromatic heterocycles. The Labute approximate surface area is 86.5 Å². The summed E-state index contributed by atoms with van der Waals surface area (Å²) in [5.74, 6) is -0.574. The standard InChI is InChI=1S/C12H10O3/c13-10-8-4-1-2-5(7-3-6(4)7)9(8)11(14)12(10)15/h1-2,4-9H,3H2/t4-,5+,6+,7-,8-,9+. The molecule has 0 aromatic carbocycles. The molecule has 0 radical (unpaired) electrons. The zero-order valence-corrected chi connectivity index (χ0v) is 8.05. The summed E-state index contributed by atoms with van der Waals surface area (Å²) in [7, 11) is 0. The molecule has 0 saturated heterocycles. The normalized spacial score (nSPS) is 54.5. The van der Waals surface area contributed by atoms with Crippen LogP contribution in [0.3, 0.4) is 0 Å². The molecule has 0 aromatic rings. The summed E-state index contributed by atoms with van der Waals surface area (Å²) < 4.78 is 0. The molecule has 0 unspecified atom stereocenters. The lowest BCUT2D eigenvalue weighted by molar-refractivity contribution is -0.141. The second-order valence-corrected chi connectivity index (χ2v) is 5.21. The number of ketones is 3. The molecular weight excluding hydrogens is 192 g/mol. The maximum absolute atomic E-state index is 11.7. The van der Waals surface area contributed by atoms with E-state index >= 15 is 0 Å². The summed E-state index contributed by atoms with van der Waals surface area (Å²) in [6, 6.07) is 0. The Balaban J connectivity index is 1.90. The average Bonchev–Trinajstić information content (AvgIpc) is 3.02. The first-order valence-corrected chi connectivity index (χ1v) is 5.51. The van der Waals surface area contributed by atoms with Crippen LogP contribution in [-0.4, -0.2) is 17.3 Å². The smallest absolute Gasteiger partial charge is 0.264 e. The van der Waals surface area contributed by atoms with Crippen molar-refractivity contribution in [2.24, 2.45) is 35.5 Å². The van der Waals surface area contributed by atoms with Crippen molar-refractivity contribution in [3.05, 3.63) is 12.2 Å². The van der Waals surface area contributed by atoms with Gasteiger partial charge in [0.1, 0.15) is 0 Å². The first kappa shape index (κ1) is 7.97. The van der Waals surface area contributed by atoms with Gasteiger partial charge >= 0.3 is 0 Å². The highest BCUT2D eigenvalue weighted by molar-refractivity contribution is 6.68. The van der Waals surface area contributed by atoms with Crippen LogP contribution < -0.4 is 0 Å². The largest absolute Gasteiger partial charge is 0.290 e. The SMILES string of the molecule is O=C1C(=O)[C@@H]2[C@@H]3C=C[C@@H]([C@H]4C[C@@H]34)[C@@H]2C1=O. The van der Waals surface area contributed by atoms with Crippen molar-refractivity contribution in [3.8, 4) is 0 Å². The van der Waals surface area contributed by atoms with E-state index < -0.39 is 17.3 Å². The lowest BCUT2D eigenvalue weighted by atomic mass is 9.63. The van der Waals surface area contributed by atoms with Gasteiger partial charge in [-0.05, 0) is 30.1 Å². The summed E-state index contributed by atoms with van der Waals surface area (Å²) in [4.78, 5) is 34.8. The summed E-state index contributed by atoms with van der Waals surface area (Å²) in [5, 5.41) is 0. The first-order valence-electron chi connectivity index (χ1n) is 5.51. The van der Waals surface area contributed by atoms with Gasteiger partial charge in [-0.15, -0.1) is 0 Å². The number of allylic oxidation sites excluding steroid dienone is 2. The Hall–Kier alpha value is -1.25. The van der Waals surface area contributed by atoms with Crippen LogP contribution in [0.25, 0.3) is 0 Å². The minimum atomic E-state index is -0.731. The van der Waals surface area contributed by atoms with Crippen molar-refractivity contribution in [2.75, 3.05) is 0 Å². The predicted molar refractivity (Wildman–Crippen MR) is 49.7 cm³/mol. The van der Waals surface area contributed by atoms with E-state index in [1.807, 2.05) is 0 Å². The molecule has 0 amide bonds. The number of carbonyl (C=O) groups is 3. The summed E-state index contributed by atoms with van der Waals surface area (Å²) in [6.07, 6.45) is 5.29. The highest BCUT2D eigenvalue weighted by Gasteiger charge is 2.67. The van der Waals surface area contributed by atoms with Crippen LogP contribution in [0.5, 0.6) is 0 Å². The third-order valence-electron chi connectivity index (χ3n) is 4.70. The number of hydrogen-bond donors (Lipinski definition) is 0. The van der Waals surface area contributed by atoms with E-state index in [0.29, 0.717) is 11.8 Å². The van der Waals surface area contributed by atoms with Gasteiger partial charge in [-0.2, -0.15) is 0 Å². The molecule has 15 heavy (non-hydrogen) atoms. The Morgan fingerprint density at radius 3 is 1.80 bits per heavy atom. The van der Waals surface area contributed by atoms with Gasteiger partial charge in [0.25, 0.3) is 5.78 Å². The van der Waals surface area contributed by atoms with E-state index in [4.69, 9.17) is 0 Å². The van der Waals surface area contributed by atoms with Crippen molar-refractivity contribution >= 4 is 17.3 Å². The van der Waals surface area contributed by atoms with Crippen LogP contribution in [-0.2, 0) is 14.4 Å². The Bertz CT molecular complexity index is 410. The zero-order chi connectivity index (χ0) is 10.3. The number of hydrogen-bond acceptors (Lipinski definition) is 3. The zero-order valence-electron chi connectivity index (χ0n) is 8.05. The minimum absolute atomic E-state index is 0.188. The van der Waals surface area contributed by atoms with E-state index in [-0.39, 0.29) is 23.7 Å². The van der Waals surface area contributed by atoms with Crippen LogP contribution >= 0.6 is 0 Å². The van der Waals surface area contributed by atoms with E-state index in [1.54, 1.807) is 0 Å². The fourth-order valence-corrected chi connectivity index (χ4v) is 4.01. The second kappa shape index (κ2) is 2.13. The van der Waals surface area contributed by atoms with Crippen molar-refractivity contribution in [1.29, 1.82) is 0 Å². The van der Waals surface area contributed by atoms with Gasteiger partial charge in [-0.1, -0.05) is 12.2 Å². The van der Waals surface area contributed by atoms with Crippen LogP contribution in [0.2, 0.25) is 0 Å². The topological polar surface area (TPSA) is 51.2 Å². The first-order chi connectivity index (χ1) is 7.20. The van der Waals surface area contributed by atoms with Crippen LogP contribution in [0.15, 0.2) is 12.2 Å². The number of carbonyl (C=O) groups excluding carboxylic acids is 3. The molecule has 5 aliphatic carbocycles. The fraction of sp³-hybridized carbons (Fsp3) is 0.583. The molecule has 3 saturated carbocycles. The quantitative estimate of drug-likeness (QED) is 0.422. The lowest BCUT2D eigenvalue weighted by Gasteiger charge is -2.38. The molecule has 0 N–H and O–H groups in total. The fourth-order valence-electron chi connectivity index (χ4n) is 4.01. The van der Waals surface area contributed by atoms with E-state index in [9.17, 15) is 14.4 Å². The van der Waals surface area contributed by atoms with Crippen molar-refractivity contribution < 1.29 is 14.4 Å². The molecule has 0 heterocycles. The van der Waals surface area contributed by atoms with Gasteiger partial charge in [-0.3, -0.25) is 14.4 Å². The van der Waals surface area contributed by atoms with Crippen molar-refractivity contribution in [2.45, 2.75) is 6.42 Å². The maximum atomic E-state index is 11.7. The molecule has 3 heteroatoms. The molecule has 76 valence electrons. The van der Waals surface area contributed by atoms with Gasteiger partial charge in [0.15, 0.2) is 0 Å². The van der Waals surface area contributed by atoms with Crippen LogP contribution in [0.1, 0.15) is 6.42 Å². The molecular formula is C12H10O3. The molecule has 3 fully saturated rings. The van der Waals surface area contributed by atoms with Crippen molar-refractivity contribution in [3.63, 3.8) is 0 Å². The van der Waals surface area contributed by atoms with Gasteiger partial charge in [0.2, 0.25) is 11.6 Å². The van der Waals surface area contributed by atoms with Crippen LogP contribution in [0, 0.1) is 35.5 Å². The molecule has 0 spiro atoms.